The van der Waals surface area contributed by atoms with Crippen molar-refractivity contribution in [2.45, 2.75) is 33.2 Å². The molecule has 6 nitrogen and oxygen atoms in total. The molecular weight excluding hydrogens is 334 g/mol. The van der Waals surface area contributed by atoms with Gasteiger partial charge < -0.3 is 20.3 Å². The van der Waals surface area contributed by atoms with Crippen molar-refractivity contribution >= 4 is 45.5 Å². The van der Waals surface area contributed by atoms with Gasteiger partial charge in [-0.15, -0.1) is 11.3 Å². The van der Waals surface area contributed by atoms with Crippen LogP contribution in [0.5, 0.6) is 0 Å². The van der Waals surface area contributed by atoms with Crippen molar-refractivity contribution in [1.82, 2.24) is 10.2 Å². The molecule has 0 bridgehead atoms. The van der Waals surface area contributed by atoms with E-state index in [1.54, 1.807) is 21.0 Å². The standard InChI is InChI=1S/C15H23N3O3S2/c1-7-8(2)16-15(22)17-12-10(14(20)21-6)9(3)11(23-12)13(19)18(4)5/h8H,7H2,1-6H3,(H2,16,17,22). The van der Waals surface area contributed by atoms with Gasteiger partial charge in [-0.2, -0.15) is 0 Å². The predicted molar refractivity (Wildman–Crippen MR) is 97.5 cm³/mol. The SMILES string of the molecule is CCC(C)NC(=S)Nc1sc(C(=O)N(C)C)c(C)c1C(=O)OC. The van der Waals surface area contributed by atoms with Gasteiger partial charge in [-0.1, -0.05) is 6.92 Å². The average molecular weight is 358 g/mol. The van der Waals surface area contributed by atoms with Gasteiger partial charge in [0.1, 0.15) is 5.00 Å². The van der Waals surface area contributed by atoms with Crippen molar-refractivity contribution in [3.8, 4) is 0 Å². The highest BCUT2D eigenvalue weighted by atomic mass is 32.1. The van der Waals surface area contributed by atoms with E-state index >= 15 is 0 Å². The lowest BCUT2D eigenvalue weighted by atomic mass is 10.1. The maximum Gasteiger partial charge on any atom is 0.341 e. The molecule has 1 aromatic heterocycles. The van der Waals surface area contributed by atoms with Crippen LogP contribution >= 0.6 is 23.6 Å². The van der Waals surface area contributed by atoms with Gasteiger partial charge in [-0.3, -0.25) is 4.79 Å². The first-order chi connectivity index (χ1) is 10.7. The molecule has 0 aliphatic rings. The number of nitrogens with one attached hydrogen (secondary N) is 2. The lowest BCUT2D eigenvalue weighted by Gasteiger charge is -2.15. The third-order valence-corrected chi connectivity index (χ3v) is 4.77. The number of ether oxygens (including phenoxy) is 1. The Labute approximate surface area is 146 Å². The molecule has 1 aromatic rings. The minimum absolute atomic E-state index is 0.161. The summed E-state index contributed by atoms with van der Waals surface area (Å²) >= 11 is 6.47. The molecule has 0 spiro atoms. The summed E-state index contributed by atoms with van der Waals surface area (Å²) in [5, 5.41) is 7.06. The van der Waals surface area contributed by atoms with E-state index in [0.717, 1.165) is 6.42 Å². The highest BCUT2D eigenvalue weighted by Gasteiger charge is 2.26. The van der Waals surface area contributed by atoms with E-state index in [0.29, 0.717) is 26.1 Å². The summed E-state index contributed by atoms with van der Waals surface area (Å²) in [6, 6.07) is 0.209. The third-order valence-electron chi connectivity index (χ3n) is 3.35. The molecule has 1 rings (SSSR count). The summed E-state index contributed by atoms with van der Waals surface area (Å²) in [6.07, 6.45) is 0.916. The molecule has 1 unspecified atom stereocenters. The zero-order chi connectivity index (χ0) is 17.7. The Balaban J connectivity index is 3.19. The number of anilines is 1. The molecule has 128 valence electrons. The summed E-state index contributed by atoms with van der Waals surface area (Å²) < 4.78 is 4.83. The van der Waals surface area contributed by atoms with Gasteiger partial charge in [0.25, 0.3) is 5.91 Å². The van der Waals surface area contributed by atoms with Gasteiger partial charge in [0, 0.05) is 20.1 Å². The van der Waals surface area contributed by atoms with Crippen molar-refractivity contribution in [3.05, 3.63) is 16.0 Å². The molecule has 8 heteroatoms. The number of thiophene rings is 1. The molecular formula is C15H23N3O3S2. The second kappa shape index (κ2) is 8.26. The van der Waals surface area contributed by atoms with Crippen LogP contribution in [0.4, 0.5) is 5.00 Å². The Kier molecular flexibility index (Phi) is 6.96. The van der Waals surface area contributed by atoms with Gasteiger partial charge >= 0.3 is 5.97 Å². The average Bonchev–Trinajstić information content (AvgIpc) is 2.81. The van der Waals surface area contributed by atoms with E-state index in [2.05, 4.69) is 10.6 Å². The number of hydrogen-bond acceptors (Lipinski definition) is 5. The summed E-state index contributed by atoms with van der Waals surface area (Å²) in [4.78, 5) is 26.3. The van der Waals surface area contributed by atoms with Crippen LogP contribution in [0.15, 0.2) is 0 Å². The Bertz CT molecular complexity index is 611. The number of esters is 1. The largest absolute Gasteiger partial charge is 0.465 e. The first-order valence-corrected chi connectivity index (χ1v) is 8.46. The Morgan fingerprint density at radius 2 is 2.00 bits per heavy atom. The Hall–Kier alpha value is -1.67. The predicted octanol–water partition coefficient (Wildman–Crippen LogP) is 2.63. The summed E-state index contributed by atoms with van der Waals surface area (Å²) in [5.41, 5.74) is 0.936. The first kappa shape index (κ1) is 19.4. The van der Waals surface area contributed by atoms with E-state index in [4.69, 9.17) is 17.0 Å². The van der Waals surface area contributed by atoms with Crippen LogP contribution in [0, 0.1) is 6.92 Å². The van der Waals surface area contributed by atoms with Crippen LogP contribution < -0.4 is 10.6 Å². The molecule has 0 fully saturated rings. The highest BCUT2D eigenvalue weighted by molar-refractivity contribution is 7.80. The Morgan fingerprint density at radius 1 is 1.39 bits per heavy atom. The van der Waals surface area contributed by atoms with E-state index < -0.39 is 5.97 Å². The van der Waals surface area contributed by atoms with Crippen molar-refractivity contribution < 1.29 is 14.3 Å². The molecule has 23 heavy (non-hydrogen) atoms. The highest BCUT2D eigenvalue weighted by Crippen LogP contribution is 2.34. The maximum absolute atomic E-state index is 12.3. The number of hydrogen-bond donors (Lipinski definition) is 2. The summed E-state index contributed by atoms with van der Waals surface area (Å²) in [7, 11) is 4.65. The number of carbonyl (C=O) groups is 2. The maximum atomic E-state index is 12.3. The van der Waals surface area contributed by atoms with Crippen LogP contribution in [0.1, 0.15) is 45.9 Å². The minimum Gasteiger partial charge on any atom is -0.465 e. The van der Waals surface area contributed by atoms with Gasteiger partial charge in [0.05, 0.1) is 17.6 Å². The quantitative estimate of drug-likeness (QED) is 0.624. The smallest absolute Gasteiger partial charge is 0.341 e. The van der Waals surface area contributed by atoms with Crippen molar-refractivity contribution in [3.63, 3.8) is 0 Å². The van der Waals surface area contributed by atoms with Gasteiger partial charge in [0.15, 0.2) is 5.11 Å². The fourth-order valence-corrected chi connectivity index (χ4v) is 3.41. The molecule has 2 N–H and O–H groups in total. The fraction of sp³-hybridized carbons (Fsp3) is 0.533. The number of rotatable bonds is 5. The number of thiocarbonyl (C=S) groups is 1. The number of nitrogens with zero attached hydrogens (tertiary/aromatic N) is 1. The Morgan fingerprint density at radius 3 is 2.48 bits per heavy atom. The van der Waals surface area contributed by atoms with Crippen molar-refractivity contribution in [2.75, 3.05) is 26.5 Å². The van der Waals surface area contributed by atoms with Crippen molar-refractivity contribution in [2.24, 2.45) is 0 Å². The fourth-order valence-electron chi connectivity index (χ4n) is 1.82. The van der Waals surface area contributed by atoms with E-state index in [-0.39, 0.29) is 11.9 Å². The topological polar surface area (TPSA) is 70.7 Å². The number of carbonyl (C=O) groups excluding carboxylic acids is 2. The van der Waals surface area contributed by atoms with Crippen LogP contribution in [-0.2, 0) is 4.74 Å². The van der Waals surface area contributed by atoms with Crippen molar-refractivity contribution in [1.29, 1.82) is 0 Å². The van der Waals surface area contributed by atoms with Gasteiger partial charge in [-0.05, 0) is 38.0 Å². The zero-order valence-corrected chi connectivity index (χ0v) is 15.9. The van der Waals surface area contributed by atoms with Crippen LogP contribution in [-0.4, -0.2) is 49.1 Å². The molecule has 0 aromatic carbocycles. The van der Waals surface area contributed by atoms with E-state index in [1.807, 2.05) is 13.8 Å². The first-order valence-electron chi connectivity index (χ1n) is 7.23. The molecule has 1 heterocycles. The monoisotopic (exact) mass is 357 g/mol. The van der Waals surface area contributed by atoms with Crippen LogP contribution in [0.3, 0.4) is 0 Å². The van der Waals surface area contributed by atoms with Crippen LogP contribution in [0.25, 0.3) is 0 Å². The van der Waals surface area contributed by atoms with Crippen LogP contribution in [0.2, 0.25) is 0 Å². The molecule has 0 aliphatic heterocycles. The second-order valence-corrected chi connectivity index (χ2v) is 6.79. The molecule has 0 radical (unpaired) electrons. The molecule has 0 saturated carbocycles. The lowest BCUT2D eigenvalue weighted by molar-refractivity contribution is 0.0601. The number of methoxy groups -OCH3 is 1. The zero-order valence-electron chi connectivity index (χ0n) is 14.3. The molecule has 1 amide bonds. The van der Waals surface area contributed by atoms with E-state index in [9.17, 15) is 9.59 Å². The third kappa shape index (κ3) is 4.65. The van der Waals surface area contributed by atoms with Gasteiger partial charge in [-0.25, -0.2) is 4.79 Å². The molecule has 1 atom stereocenters. The normalized spacial score (nSPS) is 11.6. The molecule has 0 saturated heterocycles. The minimum atomic E-state index is -0.495. The summed E-state index contributed by atoms with van der Waals surface area (Å²) in [6.45, 7) is 5.79. The molecule has 0 aliphatic carbocycles. The second-order valence-electron chi connectivity index (χ2n) is 5.36. The lowest BCUT2D eigenvalue weighted by Crippen LogP contribution is -2.35. The van der Waals surface area contributed by atoms with E-state index in [1.165, 1.54) is 23.3 Å². The number of amides is 1. The van der Waals surface area contributed by atoms with Gasteiger partial charge in [0.2, 0.25) is 0 Å². The summed E-state index contributed by atoms with van der Waals surface area (Å²) in [5.74, 6) is -0.656.